The van der Waals surface area contributed by atoms with Crippen LogP contribution in [0, 0.1) is 11.8 Å². The molecule has 2 atom stereocenters. The van der Waals surface area contributed by atoms with Crippen LogP contribution in [0.2, 0.25) is 0 Å². The quantitative estimate of drug-likeness (QED) is 0.0826. The average Bonchev–Trinajstić information content (AvgIpc) is 2.79. The number of amides is 1. The molecular weight excluding hydrogens is 406 g/mol. The van der Waals surface area contributed by atoms with Crippen LogP contribution in [0.1, 0.15) is 104 Å². The molecule has 6 nitrogen and oxygen atoms in total. The average molecular weight is 452 g/mol. The molecule has 2 unspecified atom stereocenters. The van der Waals surface area contributed by atoms with E-state index in [1.165, 1.54) is 26.2 Å². The summed E-state index contributed by atoms with van der Waals surface area (Å²) in [5.41, 5.74) is 2.44. The van der Waals surface area contributed by atoms with Gasteiger partial charge in [-0.2, -0.15) is 5.48 Å². The largest absolute Gasteiger partial charge is 0.396 e. The van der Waals surface area contributed by atoms with Crippen LogP contribution in [0.5, 0.6) is 0 Å². The lowest BCUT2D eigenvalue weighted by Gasteiger charge is -2.16. The van der Waals surface area contributed by atoms with Gasteiger partial charge in [-0.05, 0) is 51.9 Å². The van der Waals surface area contributed by atoms with Gasteiger partial charge in [0.25, 0.3) is 5.91 Å². The van der Waals surface area contributed by atoms with E-state index in [4.69, 9.17) is 9.94 Å². The van der Waals surface area contributed by atoms with Gasteiger partial charge < -0.3 is 14.7 Å². The molecule has 0 radical (unpaired) electrons. The zero-order valence-corrected chi connectivity index (χ0v) is 20.3. The fraction of sp³-hybridized carbons (Fsp3) is 0.731. The lowest BCUT2D eigenvalue weighted by Crippen LogP contribution is -2.33. The second-order valence-corrected chi connectivity index (χ2v) is 8.64. The number of aliphatic hydroxyl groups is 1. The van der Waals surface area contributed by atoms with Gasteiger partial charge in [0.15, 0.2) is 0 Å². The van der Waals surface area contributed by atoms with Crippen LogP contribution in [0.15, 0.2) is 24.3 Å². The fourth-order valence-electron chi connectivity index (χ4n) is 3.48. The van der Waals surface area contributed by atoms with Crippen molar-refractivity contribution >= 4 is 18.2 Å². The van der Waals surface area contributed by atoms with Crippen molar-refractivity contribution in [2.24, 2.45) is 11.8 Å². The Hall–Kier alpha value is -1.95. The third-order valence-electron chi connectivity index (χ3n) is 5.57. The summed E-state index contributed by atoms with van der Waals surface area (Å²) < 4.78 is 0. The molecule has 0 aliphatic heterocycles. The number of rotatable bonds is 20. The number of hydrogen-bond acceptors (Lipinski definition) is 5. The topological polar surface area (TPSA) is 92.7 Å². The van der Waals surface area contributed by atoms with E-state index in [9.17, 15) is 14.4 Å². The summed E-state index contributed by atoms with van der Waals surface area (Å²) in [6.07, 6.45) is 19.0. The van der Waals surface area contributed by atoms with E-state index in [2.05, 4.69) is 31.1 Å². The van der Waals surface area contributed by atoms with E-state index in [1.54, 1.807) is 0 Å². The van der Waals surface area contributed by atoms with Crippen molar-refractivity contribution in [2.75, 3.05) is 6.61 Å². The van der Waals surface area contributed by atoms with Crippen molar-refractivity contribution < 1.29 is 24.3 Å². The molecule has 0 aliphatic carbocycles. The smallest absolute Gasteiger partial charge is 0.358 e. The second-order valence-electron chi connectivity index (χ2n) is 8.64. The number of aliphatic hydroxyl groups excluding tert-OH is 1. The van der Waals surface area contributed by atoms with E-state index in [0.29, 0.717) is 19.3 Å². The number of allylic oxidation sites excluding steroid dienone is 2. The van der Waals surface area contributed by atoms with Crippen molar-refractivity contribution in [1.82, 2.24) is 5.48 Å². The highest BCUT2D eigenvalue weighted by atomic mass is 16.7. The highest BCUT2D eigenvalue weighted by molar-refractivity contribution is 5.88. The molecule has 0 bridgehead atoms. The van der Waals surface area contributed by atoms with E-state index in [-0.39, 0.29) is 29.9 Å². The molecule has 184 valence electrons. The van der Waals surface area contributed by atoms with Gasteiger partial charge in [-0.3, -0.25) is 4.79 Å². The molecule has 32 heavy (non-hydrogen) atoms. The van der Waals surface area contributed by atoms with Crippen LogP contribution in [0.4, 0.5) is 0 Å². The summed E-state index contributed by atoms with van der Waals surface area (Å²) in [5, 5.41) is 9.06. The fourth-order valence-corrected chi connectivity index (χ4v) is 3.48. The van der Waals surface area contributed by atoms with Crippen molar-refractivity contribution in [2.45, 2.75) is 104 Å². The SMILES string of the molecule is C=C(C)C(=O)ONC(=O)C(CCCO)CCCCCCC=CCC(C=O)CCCCCC. The number of carbonyl (C=O) groups is 3. The predicted molar refractivity (Wildman–Crippen MR) is 129 cm³/mol. The van der Waals surface area contributed by atoms with Gasteiger partial charge in [-0.15, -0.1) is 0 Å². The molecule has 0 aliphatic rings. The second kappa shape index (κ2) is 20.9. The van der Waals surface area contributed by atoms with Crippen LogP contribution in [-0.2, 0) is 19.2 Å². The zero-order valence-electron chi connectivity index (χ0n) is 20.3. The van der Waals surface area contributed by atoms with Crippen molar-refractivity contribution in [3.05, 3.63) is 24.3 Å². The Kier molecular flexibility index (Phi) is 19.7. The minimum absolute atomic E-state index is 0.0331. The van der Waals surface area contributed by atoms with E-state index in [0.717, 1.165) is 57.7 Å². The summed E-state index contributed by atoms with van der Waals surface area (Å²) in [7, 11) is 0. The normalized spacial score (nSPS) is 13.0. The molecular formula is C26H45NO5. The van der Waals surface area contributed by atoms with E-state index in [1.807, 2.05) is 0 Å². The van der Waals surface area contributed by atoms with Crippen LogP contribution >= 0.6 is 0 Å². The lowest BCUT2D eigenvalue weighted by atomic mass is 9.95. The molecule has 0 fully saturated rings. The molecule has 0 heterocycles. The van der Waals surface area contributed by atoms with Gasteiger partial charge in [0.1, 0.15) is 6.29 Å². The van der Waals surface area contributed by atoms with Gasteiger partial charge in [0, 0.05) is 24.0 Å². The number of hydroxylamine groups is 1. The number of carbonyl (C=O) groups excluding carboxylic acids is 3. The Balaban J connectivity index is 4.01. The van der Waals surface area contributed by atoms with E-state index >= 15 is 0 Å². The number of aldehydes is 1. The monoisotopic (exact) mass is 451 g/mol. The molecule has 0 aromatic carbocycles. The molecule has 6 heteroatoms. The molecule has 0 saturated carbocycles. The molecule has 1 amide bonds. The number of unbranched alkanes of at least 4 members (excludes halogenated alkanes) is 7. The Bertz CT molecular complexity index is 558. The van der Waals surface area contributed by atoms with Crippen LogP contribution < -0.4 is 5.48 Å². The summed E-state index contributed by atoms with van der Waals surface area (Å²) in [6.45, 7) is 7.22. The zero-order chi connectivity index (χ0) is 24.0. The Morgan fingerprint density at radius 3 is 2.28 bits per heavy atom. The first-order chi connectivity index (χ1) is 15.5. The highest BCUT2D eigenvalue weighted by Gasteiger charge is 2.19. The maximum atomic E-state index is 12.3. The van der Waals surface area contributed by atoms with Crippen molar-refractivity contribution in [3.63, 3.8) is 0 Å². The van der Waals surface area contributed by atoms with Crippen LogP contribution in [0.3, 0.4) is 0 Å². The van der Waals surface area contributed by atoms with Gasteiger partial charge in [-0.1, -0.05) is 70.6 Å². The van der Waals surface area contributed by atoms with Gasteiger partial charge in [0.2, 0.25) is 0 Å². The molecule has 0 aromatic rings. The summed E-state index contributed by atoms with van der Waals surface area (Å²) >= 11 is 0. The number of nitrogens with one attached hydrogen (secondary N) is 1. The number of hydrogen-bond donors (Lipinski definition) is 2. The van der Waals surface area contributed by atoms with E-state index < -0.39 is 5.97 Å². The maximum absolute atomic E-state index is 12.3. The Labute approximate surface area is 194 Å². The van der Waals surface area contributed by atoms with Crippen molar-refractivity contribution in [3.8, 4) is 0 Å². The van der Waals surface area contributed by atoms with Crippen LogP contribution in [0.25, 0.3) is 0 Å². The third kappa shape index (κ3) is 16.7. The molecule has 2 N–H and O–H groups in total. The van der Waals surface area contributed by atoms with Gasteiger partial charge in [-0.25, -0.2) is 4.79 Å². The third-order valence-corrected chi connectivity index (χ3v) is 5.57. The maximum Gasteiger partial charge on any atom is 0.358 e. The summed E-state index contributed by atoms with van der Waals surface area (Å²) in [5.74, 6) is -1.10. The first kappa shape index (κ1) is 30.0. The Morgan fingerprint density at radius 1 is 0.969 bits per heavy atom. The summed E-state index contributed by atoms with van der Waals surface area (Å²) in [6, 6.07) is 0. The first-order valence-corrected chi connectivity index (χ1v) is 12.3. The van der Waals surface area contributed by atoms with Crippen LogP contribution in [-0.4, -0.2) is 29.9 Å². The Morgan fingerprint density at radius 2 is 1.62 bits per heavy atom. The molecule has 0 rings (SSSR count). The predicted octanol–water partition coefficient (Wildman–Crippen LogP) is 5.60. The minimum Gasteiger partial charge on any atom is -0.396 e. The molecule has 0 saturated heterocycles. The molecule has 0 aromatic heterocycles. The minimum atomic E-state index is -0.650. The lowest BCUT2D eigenvalue weighted by molar-refractivity contribution is -0.156. The van der Waals surface area contributed by atoms with Gasteiger partial charge >= 0.3 is 5.97 Å². The molecule has 0 spiro atoms. The standard InChI is InChI=1S/C26H45NO5/c1-4-5-6-12-16-23(21-29)17-13-10-8-7-9-11-14-18-24(19-15-20-28)25(30)27-32-26(31)22(2)3/h10,13,21,23-24,28H,2,4-9,11-12,14-20H2,1,3H3,(H,27,30). The highest BCUT2D eigenvalue weighted by Crippen LogP contribution is 2.18. The summed E-state index contributed by atoms with van der Waals surface area (Å²) in [4.78, 5) is 39.6. The van der Waals surface area contributed by atoms with Gasteiger partial charge in [0.05, 0.1) is 0 Å². The van der Waals surface area contributed by atoms with Crippen molar-refractivity contribution in [1.29, 1.82) is 0 Å². The first-order valence-electron chi connectivity index (χ1n) is 12.3.